The molecule has 2 aromatic heterocycles. The van der Waals surface area contributed by atoms with Crippen molar-refractivity contribution in [2.75, 3.05) is 13.2 Å². The molecular formula is C16H19ClN4O2. The highest BCUT2D eigenvalue weighted by Crippen LogP contribution is 2.31. The first kappa shape index (κ1) is 15.8. The summed E-state index contributed by atoms with van der Waals surface area (Å²) in [5.41, 5.74) is 2.27. The molecule has 0 unspecified atom stereocenters. The van der Waals surface area contributed by atoms with Gasteiger partial charge in [0.1, 0.15) is 17.4 Å². The zero-order valence-electron chi connectivity index (χ0n) is 13.3. The largest absolute Gasteiger partial charge is 0.491 e. The van der Waals surface area contributed by atoms with E-state index in [-0.39, 0.29) is 18.6 Å². The lowest BCUT2D eigenvalue weighted by molar-refractivity contribution is 0.201. The van der Waals surface area contributed by atoms with Gasteiger partial charge in [-0.2, -0.15) is 5.10 Å². The number of halogens is 1. The van der Waals surface area contributed by atoms with Crippen molar-refractivity contribution in [2.24, 2.45) is 0 Å². The summed E-state index contributed by atoms with van der Waals surface area (Å²) < 4.78 is 6.88. The highest BCUT2D eigenvalue weighted by atomic mass is 35.5. The summed E-state index contributed by atoms with van der Waals surface area (Å²) in [7, 11) is 0. The number of nitrogens with one attached hydrogen (secondary N) is 1. The number of nitrogens with zero attached hydrogens (tertiary/aromatic N) is 3. The Labute approximate surface area is 139 Å². The van der Waals surface area contributed by atoms with Crippen LogP contribution < -0.4 is 4.74 Å². The highest BCUT2D eigenvalue weighted by molar-refractivity contribution is 6.34. The number of fused-ring (bicyclic) bond motifs is 1. The summed E-state index contributed by atoms with van der Waals surface area (Å²) in [6.07, 6.45) is 0. The van der Waals surface area contributed by atoms with Gasteiger partial charge in [0.25, 0.3) is 0 Å². The van der Waals surface area contributed by atoms with Gasteiger partial charge < -0.3 is 14.8 Å². The van der Waals surface area contributed by atoms with Gasteiger partial charge in [0.2, 0.25) is 0 Å². The summed E-state index contributed by atoms with van der Waals surface area (Å²) in [4.78, 5) is 3.21. The minimum absolute atomic E-state index is 0.00819. The Morgan fingerprint density at radius 1 is 1.22 bits per heavy atom. The van der Waals surface area contributed by atoms with Crippen LogP contribution in [0, 0.1) is 0 Å². The lowest BCUT2D eigenvalue weighted by atomic mass is 9.92. The molecule has 0 spiro atoms. The first-order valence-electron chi connectivity index (χ1n) is 7.39. The van der Waals surface area contributed by atoms with E-state index >= 15 is 0 Å². The molecule has 0 radical (unpaired) electrons. The molecule has 0 fully saturated rings. The molecule has 23 heavy (non-hydrogen) atoms. The minimum Gasteiger partial charge on any atom is -0.491 e. The minimum atomic E-state index is -0.141. The van der Waals surface area contributed by atoms with E-state index in [2.05, 4.69) is 36.0 Å². The van der Waals surface area contributed by atoms with Crippen LogP contribution in [0.3, 0.4) is 0 Å². The normalized spacial score (nSPS) is 12.0. The van der Waals surface area contributed by atoms with E-state index in [0.717, 1.165) is 11.3 Å². The quantitative estimate of drug-likeness (QED) is 0.769. The molecule has 0 saturated carbocycles. The number of benzene rings is 1. The van der Waals surface area contributed by atoms with Gasteiger partial charge in [0.15, 0.2) is 11.5 Å². The van der Waals surface area contributed by atoms with Crippen LogP contribution in [0.4, 0.5) is 0 Å². The standard InChI is InChI=1S/C16H19ClN4O2/c1-16(2,3)13-12(17)15-18-14(20-21(15)19-13)10-4-6-11(7-5-10)23-9-8-22/h4-7,22H,8-9H2,1-3H3,(H,18,20). The van der Waals surface area contributed by atoms with Crippen LogP contribution in [0.25, 0.3) is 17.0 Å². The van der Waals surface area contributed by atoms with E-state index in [9.17, 15) is 0 Å². The molecule has 3 rings (SSSR count). The Bertz CT molecular complexity index is 815. The molecule has 7 heteroatoms. The van der Waals surface area contributed by atoms with E-state index in [1.54, 1.807) is 0 Å². The van der Waals surface area contributed by atoms with Gasteiger partial charge in [-0.25, -0.2) is 0 Å². The van der Waals surface area contributed by atoms with Gasteiger partial charge >= 0.3 is 0 Å². The Morgan fingerprint density at radius 2 is 1.91 bits per heavy atom. The molecular weight excluding hydrogens is 316 g/mol. The average Bonchev–Trinajstić information content (AvgIpc) is 3.05. The van der Waals surface area contributed by atoms with Crippen molar-refractivity contribution in [1.82, 2.24) is 19.8 Å². The van der Waals surface area contributed by atoms with Crippen LogP contribution in [0.1, 0.15) is 26.5 Å². The van der Waals surface area contributed by atoms with Gasteiger partial charge in [-0.3, -0.25) is 0 Å². The number of ether oxygens (including phenoxy) is 1. The van der Waals surface area contributed by atoms with Crippen molar-refractivity contribution in [2.45, 2.75) is 26.2 Å². The van der Waals surface area contributed by atoms with Crippen LogP contribution in [0.2, 0.25) is 5.02 Å². The van der Waals surface area contributed by atoms with Crippen molar-refractivity contribution in [3.8, 4) is 17.1 Å². The van der Waals surface area contributed by atoms with Gasteiger partial charge in [0, 0.05) is 11.0 Å². The Balaban J connectivity index is 1.92. The van der Waals surface area contributed by atoms with Crippen molar-refractivity contribution in [3.63, 3.8) is 0 Å². The summed E-state index contributed by atoms with van der Waals surface area (Å²) in [5.74, 6) is 1.38. The van der Waals surface area contributed by atoms with Crippen LogP contribution in [0.15, 0.2) is 24.3 Å². The lowest BCUT2D eigenvalue weighted by Gasteiger charge is -2.14. The molecule has 1 aromatic carbocycles. The third kappa shape index (κ3) is 3.04. The Kier molecular flexibility index (Phi) is 4.04. The number of aliphatic hydroxyl groups is 1. The van der Waals surface area contributed by atoms with Gasteiger partial charge in [-0.15, -0.1) is 9.73 Å². The van der Waals surface area contributed by atoms with E-state index in [1.165, 1.54) is 4.63 Å². The summed E-state index contributed by atoms with van der Waals surface area (Å²) >= 11 is 6.43. The first-order chi connectivity index (χ1) is 10.9. The smallest absolute Gasteiger partial charge is 0.175 e. The Hall–Kier alpha value is -2.05. The predicted molar refractivity (Wildman–Crippen MR) is 89.1 cm³/mol. The van der Waals surface area contributed by atoms with E-state index in [0.29, 0.717) is 22.2 Å². The second kappa shape index (κ2) is 5.86. The average molecular weight is 335 g/mol. The molecule has 0 bridgehead atoms. The van der Waals surface area contributed by atoms with Crippen molar-refractivity contribution in [3.05, 3.63) is 35.0 Å². The summed E-state index contributed by atoms with van der Waals surface area (Å²) in [5, 5.41) is 18.3. The SMILES string of the molecule is CC(C)(C)c1nn2nc(-c3ccc(OCCO)cc3)[nH]c2c1Cl. The third-order valence-electron chi connectivity index (χ3n) is 3.44. The van der Waals surface area contributed by atoms with Crippen molar-refractivity contribution >= 4 is 17.2 Å². The monoisotopic (exact) mass is 334 g/mol. The van der Waals surface area contributed by atoms with Gasteiger partial charge in [-0.1, -0.05) is 32.4 Å². The lowest BCUT2D eigenvalue weighted by Crippen LogP contribution is -2.12. The molecule has 2 heterocycles. The number of aromatic nitrogens is 4. The highest BCUT2D eigenvalue weighted by Gasteiger charge is 2.25. The van der Waals surface area contributed by atoms with E-state index in [1.807, 2.05) is 24.3 Å². The van der Waals surface area contributed by atoms with Gasteiger partial charge in [0.05, 0.1) is 12.3 Å². The second-order valence-corrected chi connectivity index (χ2v) is 6.70. The zero-order valence-corrected chi connectivity index (χ0v) is 14.1. The number of hydrogen-bond donors (Lipinski definition) is 2. The number of aromatic amines is 1. The number of rotatable bonds is 4. The summed E-state index contributed by atoms with van der Waals surface area (Å²) in [6.45, 7) is 6.46. The second-order valence-electron chi connectivity index (χ2n) is 6.32. The van der Waals surface area contributed by atoms with Crippen LogP contribution in [-0.4, -0.2) is 38.1 Å². The molecule has 0 aliphatic carbocycles. The maximum Gasteiger partial charge on any atom is 0.175 e. The molecule has 3 aromatic rings. The number of H-pyrrole nitrogens is 1. The fourth-order valence-electron chi connectivity index (χ4n) is 2.28. The molecule has 0 atom stereocenters. The van der Waals surface area contributed by atoms with Gasteiger partial charge in [-0.05, 0) is 24.3 Å². The fourth-order valence-corrected chi connectivity index (χ4v) is 2.72. The molecule has 0 aliphatic heterocycles. The zero-order chi connectivity index (χ0) is 16.6. The Morgan fingerprint density at radius 3 is 2.48 bits per heavy atom. The topological polar surface area (TPSA) is 75.4 Å². The van der Waals surface area contributed by atoms with E-state index < -0.39 is 0 Å². The molecule has 0 aliphatic rings. The maximum atomic E-state index is 8.76. The molecule has 6 nitrogen and oxygen atoms in total. The van der Waals surface area contributed by atoms with E-state index in [4.69, 9.17) is 21.4 Å². The van der Waals surface area contributed by atoms with Crippen LogP contribution in [-0.2, 0) is 5.41 Å². The molecule has 122 valence electrons. The number of hydrogen-bond acceptors (Lipinski definition) is 4. The maximum absolute atomic E-state index is 8.76. The van der Waals surface area contributed by atoms with Crippen LogP contribution >= 0.6 is 11.6 Å². The number of aliphatic hydroxyl groups excluding tert-OH is 1. The van der Waals surface area contributed by atoms with Crippen LogP contribution in [0.5, 0.6) is 5.75 Å². The molecule has 0 saturated heterocycles. The van der Waals surface area contributed by atoms with Crippen molar-refractivity contribution in [1.29, 1.82) is 0 Å². The van der Waals surface area contributed by atoms with Crippen molar-refractivity contribution < 1.29 is 9.84 Å². The summed E-state index contributed by atoms with van der Waals surface area (Å²) in [6, 6.07) is 7.45. The molecule has 0 amide bonds. The fraction of sp³-hybridized carbons (Fsp3) is 0.375. The first-order valence-corrected chi connectivity index (χ1v) is 7.77. The molecule has 2 N–H and O–H groups in total. The third-order valence-corrected chi connectivity index (χ3v) is 3.80. The predicted octanol–water partition coefficient (Wildman–Crippen LogP) is 3.05.